The van der Waals surface area contributed by atoms with Crippen LogP contribution in [0.5, 0.6) is 0 Å². The van der Waals surface area contributed by atoms with Crippen molar-refractivity contribution in [1.82, 2.24) is 0 Å². The lowest BCUT2D eigenvalue weighted by Crippen LogP contribution is -2.25. The molecule has 0 amide bonds. The van der Waals surface area contributed by atoms with Crippen LogP contribution in [0.25, 0.3) is 0 Å². The second kappa shape index (κ2) is 6.65. The Bertz CT molecular complexity index is 586. The highest BCUT2D eigenvalue weighted by molar-refractivity contribution is 9.10. The molecule has 1 aliphatic rings. The maximum absolute atomic E-state index is 3.73. The molecule has 0 aliphatic heterocycles. The van der Waals surface area contributed by atoms with E-state index in [1.807, 2.05) is 0 Å². The summed E-state index contributed by atoms with van der Waals surface area (Å²) in [4.78, 5) is 0. The predicted molar refractivity (Wildman–Crippen MR) is 93.9 cm³/mol. The van der Waals surface area contributed by atoms with E-state index in [0.717, 1.165) is 10.4 Å². The number of hydrogen-bond acceptors (Lipinski definition) is 1. The zero-order valence-corrected chi connectivity index (χ0v) is 14.1. The highest BCUT2D eigenvalue weighted by Crippen LogP contribution is 2.34. The van der Waals surface area contributed by atoms with E-state index in [1.165, 1.54) is 42.5 Å². The van der Waals surface area contributed by atoms with Gasteiger partial charge in [0.15, 0.2) is 0 Å². The molecule has 0 saturated heterocycles. The molecule has 1 aliphatic carbocycles. The number of halogens is 1. The summed E-state index contributed by atoms with van der Waals surface area (Å²) in [6.45, 7) is 2.17. The highest BCUT2D eigenvalue weighted by Gasteiger charge is 2.22. The first-order valence-electron chi connectivity index (χ1n) is 7.80. The lowest BCUT2D eigenvalue weighted by atomic mass is 9.81. The Morgan fingerprint density at radius 1 is 0.952 bits per heavy atom. The van der Waals surface area contributed by atoms with Crippen LogP contribution in [-0.2, 0) is 0 Å². The first-order chi connectivity index (χ1) is 10.2. The van der Waals surface area contributed by atoms with Crippen molar-refractivity contribution in [3.63, 3.8) is 0 Å². The largest absolute Gasteiger partial charge is 0.382 e. The van der Waals surface area contributed by atoms with Gasteiger partial charge in [-0.3, -0.25) is 0 Å². The van der Waals surface area contributed by atoms with E-state index in [0.29, 0.717) is 6.04 Å². The van der Waals surface area contributed by atoms with Crippen molar-refractivity contribution >= 4 is 21.6 Å². The van der Waals surface area contributed by atoms with Crippen LogP contribution in [0.1, 0.15) is 42.7 Å². The smallest absolute Gasteiger partial charge is 0.0372 e. The molecular formula is C19H22BrN. The number of nitrogens with one attached hydrogen (secondary N) is 1. The zero-order chi connectivity index (χ0) is 14.7. The van der Waals surface area contributed by atoms with Crippen molar-refractivity contribution in [2.45, 2.75) is 44.6 Å². The van der Waals surface area contributed by atoms with E-state index in [-0.39, 0.29) is 0 Å². The van der Waals surface area contributed by atoms with Crippen LogP contribution >= 0.6 is 15.9 Å². The van der Waals surface area contributed by atoms with Gasteiger partial charge in [0.25, 0.3) is 0 Å². The van der Waals surface area contributed by atoms with Gasteiger partial charge in [-0.05, 0) is 67.9 Å². The molecule has 1 nitrogen and oxygen atoms in total. The average molecular weight is 344 g/mol. The lowest BCUT2D eigenvalue weighted by molar-refractivity contribution is 0.412. The van der Waals surface area contributed by atoms with E-state index < -0.39 is 0 Å². The third kappa shape index (κ3) is 3.68. The maximum atomic E-state index is 3.73. The predicted octanol–water partition coefficient (Wildman–Crippen LogP) is 5.90. The van der Waals surface area contributed by atoms with Gasteiger partial charge in [-0.1, -0.05) is 46.3 Å². The molecule has 1 saturated carbocycles. The van der Waals surface area contributed by atoms with Crippen molar-refractivity contribution in [1.29, 1.82) is 0 Å². The third-order valence-corrected chi connectivity index (χ3v) is 5.04. The maximum Gasteiger partial charge on any atom is 0.0372 e. The van der Waals surface area contributed by atoms with Crippen LogP contribution in [0.15, 0.2) is 53.0 Å². The van der Waals surface area contributed by atoms with E-state index in [2.05, 4.69) is 76.7 Å². The monoisotopic (exact) mass is 343 g/mol. The Labute approximate surface area is 135 Å². The van der Waals surface area contributed by atoms with Gasteiger partial charge < -0.3 is 5.32 Å². The first kappa shape index (κ1) is 14.6. The Morgan fingerprint density at radius 2 is 1.67 bits per heavy atom. The van der Waals surface area contributed by atoms with Crippen molar-refractivity contribution in [3.8, 4) is 0 Å². The number of aryl methyl sites for hydroxylation is 1. The van der Waals surface area contributed by atoms with Crippen LogP contribution in [0, 0.1) is 6.92 Å². The third-order valence-electron chi connectivity index (χ3n) is 4.55. The quantitative estimate of drug-likeness (QED) is 0.731. The second-order valence-corrected chi connectivity index (χ2v) is 6.98. The van der Waals surface area contributed by atoms with E-state index in [1.54, 1.807) is 0 Å². The molecule has 21 heavy (non-hydrogen) atoms. The fraction of sp³-hybridized carbons (Fsp3) is 0.368. The van der Waals surface area contributed by atoms with Gasteiger partial charge in [0.05, 0.1) is 0 Å². The number of anilines is 1. The van der Waals surface area contributed by atoms with Gasteiger partial charge in [0.2, 0.25) is 0 Å². The summed E-state index contributed by atoms with van der Waals surface area (Å²) >= 11 is 3.53. The molecule has 0 spiro atoms. The van der Waals surface area contributed by atoms with E-state index in [9.17, 15) is 0 Å². The summed E-state index contributed by atoms with van der Waals surface area (Å²) in [6.07, 6.45) is 5.10. The molecule has 0 atom stereocenters. The minimum absolute atomic E-state index is 0.616. The molecule has 2 aromatic carbocycles. The molecule has 0 aromatic heterocycles. The molecule has 110 valence electrons. The van der Waals surface area contributed by atoms with Gasteiger partial charge in [-0.25, -0.2) is 0 Å². The first-order valence-corrected chi connectivity index (χ1v) is 8.59. The summed E-state index contributed by atoms with van der Waals surface area (Å²) in [6, 6.07) is 18.1. The van der Waals surface area contributed by atoms with Gasteiger partial charge in [-0.2, -0.15) is 0 Å². The Morgan fingerprint density at radius 3 is 2.33 bits per heavy atom. The van der Waals surface area contributed by atoms with E-state index >= 15 is 0 Å². The van der Waals surface area contributed by atoms with Crippen LogP contribution < -0.4 is 5.32 Å². The van der Waals surface area contributed by atoms with Crippen LogP contribution in [0.4, 0.5) is 5.69 Å². The van der Waals surface area contributed by atoms with Crippen LogP contribution in [0.3, 0.4) is 0 Å². The van der Waals surface area contributed by atoms with Gasteiger partial charge in [0, 0.05) is 16.2 Å². The standard InChI is InChI=1S/C19H22BrN/c1-14-13-17(20)9-12-19(14)21-18-10-7-16(8-11-18)15-5-3-2-4-6-15/h2-6,9,12-13,16,18,21H,7-8,10-11H2,1H3. The zero-order valence-electron chi connectivity index (χ0n) is 12.5. The average Bonchev–Trinajstić information content (AvgIpc) is 2.52. The summed E-state index contributed by atoms with van der Waals surface area (Å²) in [5.41, 5.74) is 4.10. The molecule has 3 rings (SSSR count). The fourth-order valence-corrected chi connectivity index (χ4v) is 3.78. The highest BCUT2D eigenvalue weighted by atomic mass is 79.9. The van der Waals surface area contributed by atoms with Crippen molar-refractivity contribution in [2.24, 2.45) is 0 Å². The minimum Gasteiger partial charge on any atom is -0.382 e. The lowest BCUT2D eigenvalue weighted by Gasteiger charge is -2.30. The Hall–Kier alpha value is -1.28. The molecule has 0 unspecified atom stereocenters. The van der Waals surface area contributed by atoms with Crippen molar-refractivity contribution in [2.75, 3.05) is 5.32 Å². The molecule has 2 heteroatoms. The molecule has 1 fully saturated rings. The number of benzene rings is 2. The molecular weight excluding hydrogens is 322 g/mol. The van der Waals surface area contributed by atoms with Gasteiger partial charge in [-0.15, -0.1) is 0 Å². The van der Waals surface area contributed by atoms with Crippen LogP contribution in [-0.4, -0.2) is 6.04 Å². The summed E-state index contributed by atoms with van der Waals surface area (Å²) in [7, 11) is 0. The Balaban J connectivity index is 1.59. The topological polar surface area (TPSA) is 12.0 Å². The summed E-state index contributed by atoms with van der Waals surface area (Å²) in [5.74, 6) is 0.746. The van der Waals surface area contributed by atoms with E-state index in [4.69, 9.17) is 0 Å². The summed E-state index contributed by atoms with van der Waals surface area (Å²) < 4.78 is 1.15. The molecule has 1 N–H and O–H groups in total. The normalized spacial score (nSPS) is 22.0. The second-order valence-electron chi connectivity index (χ2n) is 6.06. The SMILES string of the molecule is Cc1cc(Br)ccc1NC1CCC(c2ccccc2)CC1. The number of hydrogen-bond donors (Lipinski definition) is 1. The Kier molecular flexibility index (Phi) is 4.64. The molecule has 0 bridgehead atoms. The summed E-state index contributed by atoms with van der Waals surface area (Å²) in [5, 5.41) is 3.73. The van der Waals surface area contributed by atoms with Crippen molar-refractivity contribution < 1.29 is 0 Å². The molecule has 0 radical (unpaired) electrons. The number of rotatable bonds is 3. The fourth-order valence-electron chi connectivity index (χ4n) is 3.31. The van der Waals surface area contributed by atoms with Crippen molar-refractivity contribution in [3.05, 3.63) is 64.1 Å². The molecule has 2 aromatic rings. The van der Waals surface area contributed by atoms with Crippen LogP contribution in [0.2, 0.25) is 0 Å². The van der Waals surface area contributed by atoms with Gasteiger partial charge in [0.1, 0.15) is 0 Å². The van der Waals surface area contributed by atoms with Gasteiger partial charge >= 0.3 is 0 Å². The molecule has 0 heterocycles. The minimum atomic E-state index is 0.616.